The smallest absolute Gasteiger partial charge is 0.278 e. The maximum absolute atomic E-state index is 12.7. The monoisotopic (exact) mass is 440 g/mol. The fourth-order valence-electron chi connectivity index (χ4n) is 2.56. The molecule has 1 aromatic carbocycles. The summed E-state index contributed by atoms with van der Waals surface area (Å²) in [6.45, 7) is 5.04. The first-order valence-electron chi connectivity index (χ1n) is 8.17. The molecular formula is C19H25F2N2O2Y-. The summed E-state index contributed by atoms with van der Waals surface area (Å²) in [6, 6.07) is 7.07. The van der Waals surface area contributed by atoms with Crippen molar-refractivity contribution in [2.45, 2.75) is 52.5 Å². The first-order valence-corrected chi connectivity index (χ1v) is 8.17. The van der Waals surface area contributed by atoms with Crippen molar-refractivity contribution in [2.24, 2.45) is 0 Å². The number of hydrogen-bond acceptors (Lipinski definition) is 3. The number of aromatic nitrogens is 2. The van der Waals surface area contributed by atoms with Crippen molar-refractivity contribution in [2.75, 3.05) is 0 Å². The molecule has 3 rings (SSSR count). The van der Waals surface area contributed by atoms with Crippen molar-refractivity contribution in [3.63, 3.8) is 0 Å². The van der Waals surface area contributed by atoms with Crippen LogP contribution in [0.2, 0.25) is 0 Å². The van der Waals surface area contributed by atoms with Crippen LogP contribution in [0.15, 0.2) is 29.1 Å². The molecule has 0 atom stereocenters. The van der Waals surface area contributed by atoms with E-state index >= 15 is 0 Å². The molecule has 1 aliphatic carbocycles. The predicted octanol–water partition coefficient (Wildman–Crippen LogP) is 4.54. The van der Waals surface area contributed by atoms with Gasteiger partial charge in [0.25, 0.3) is 12.0 Å². The van der Waals surface area contributed by atoms with Crippen LogP contribution in [0, 0.1) is 14.4 Å². The number of benzene rings is 1. The molecule has 1 N–H and O–H groups in total. The Hall–Kier alpha value is -1.14. The van der Waals surface area contributed by atoms with Gasteiger partial charge >= 0.3 is 0 Å². The number of nitrogens with zero attached hydrogens (tertiary/aromatic N) is 2. The second kappa shape index (κ2) is 10.9. The minimum absolute atomic E-state index is 0. The molecule has 1 heterocycles. The minimum Gasteiger partial charge on any atom is -0.505 e. The summed E-state index contributed by atoms with van der Waals surface area (Å²) in [5, 5.41) is 14.4. The Balaban J connectivity index is 0.00000151. The standard InChI is InChI=1S/C16H16F2N2O2.C2H6.CH3.Y/c1-9-4-2-3-5-11(9)13-15(21)14(10-6-7-10)19-20(16(13)22)8-12(17)18;1-2;;/h2-5,10,12,21H,6-8H2,1H3;1-2H3;1H3;/q;;-1;. The average molecular weight is 440 g/mol. The number of aryl methyl sites for hydroxylation is 1. The van der Waals surface area contributed by atoms with E-state index in [-0.39, 0.29) is 57.4 Å². The van der Waals surface area contributed by atoms with Crippen molar-refractivity contribution >= 4 is 0 Å². The zero-order chi connectivity index (χ0) is 17.9. The van der Waals surface area contributed by atoms with Crippen molar-refractivity contribution in [1.82, 2.24) is 9.78 Å². The molecule has 7 heteroatoms. The van der Waals surface area contributed by atoms with Gasteiger partial charge in [0.1, 0.15) is 12.2 Å². The normalized spacial score (nSPS) is 12.5. The SMILES string of the molecule is CC.Cc1ccccc1-c1c(O)c(C2CC2)nn(CC(F)F)c1=O.[CH3-].[Y]. The van der Waals surface area contributed by atoms with E-state index in [4.69, 9.17) is 0 Å². The molecule has 0 saturated heterocycles. The Morgan fingerprint density at radius 1 is 1.27 bits per heavy atom. The number of rotatable bonds is 4. The van der Waals surface area contributed by atoms with E-state index in [1.807, 2.05) is 32.9 Å². The van der Waals surface area contributed by atoms with Crippen molar-refractivity contribution in [1.29, 1.82) is 0 Å². The van der Waals surface area contributed by atoms with Gasteiger partial charge < -0.3 is 12.5 Å². The molecule has 0 bridgehead atoms. The van der Waals surface area contributed by atoms with Gasteiger partial charge in [0.05, 0.1) is 5.56 Å². The summed E-state index contributed by atoms with van der Waals surface area (Å²) in [5.41, 5.74) is 1.08. The largest absolute Gasteiger partial charge is 0.505 e. The summed E-state index contributed by atoms with van der Waals surface area (Å²) in [4.78, 5) is 12.5. The van der Waals surface area contributed by atoms with E-state index in [0.29, 0.717) is 11.3 Å². The predicted molar refractivity (Wildman–Crippen MR) is 96.1 cm³/mol. The zero-order valence-corrected chi connectivity index (χ0v) is 18.5. The van der Waals surface area contributed by atoms with E-state index < -0.39 is 18.5 Å². The summed E-state index contributed by atoms with van der Waals surface area (Å²) in [7, 11) is 0. The van der Waals surface area contributed by atoms with Crippen LogP contribution in [0.3, 0.4) is 0 Å². The Labute approximate surface area is 178 Å². The van der Waals surface area contributed by atoms with E-state index in [2.05, 4.69) is 5.10 Å². The van der Waals surface area contributed by atoms with Gasteiger partial charge in [-0.3, -0.25) is 4.79 Å². The second-order valence-corrected chi connectivity index (χ2v) is 5.58. The number of alkyl halides is 2. The Morgan fingerprint density at radius 2 is 1.85 bits per heavy atom. The van der Waals surface area contributed by atoms with E-state index in [0.717, 1.165) is 23.1 Å². The molecule has 0 amide bonds. The maximum Gasteiger partial charge on any atom is 0.278 e. The molecule has 4 nitrogen and oxygen atoms in total. The average Bonchev–Trinajstić information content (AvgIpc) is 3.38. The van der Waals surface area contributed by atoms with Gasteiger partial charge in [0.2, 0.25) is 0 Å². The molecule has 1 radical (unpaired) electrons. The summed E-state index contributed by atoms with van der Waals surface area (Å²) in [6.07, 6.45) is -0.979. The Morgan fingerprint density at radius 3 is 2.35 bits per heavy atom. The molecule has 1 fully saturated rings. The van der Waals surface area contributed by atoms with Crippen LogP contribution in [0.5, 0.6) is 5.75 Å². The Bertz CT molecular complexity index is 775. The third kappa shape index (κ3) is 5.43. The van der Waals surface area contributed by atoms with Gasteiger partial charge in [-0.05, 0) is 30.9 Å². The molecule has 1 aromatic heterocycles. The quantitative estimate of drug-likeness (QED) is 0.711. The summed E-state index contributed by atoms with van der Waals surface area (Å²) < 4.78 is 26.2. The van der Waals surface area contributed by atoms with Gasteiger partial charge in [-0.2, -0.15) is 5.10 Å². The Kier molecular flexibility index (Phi) is 10.4. The van der Waals surface area contributed by atoms with Crippen molar-refractivity contribution < 1.29 is 46.6 Å². The molecule has 0 aliphatic heterocycles. The van der Waals surface area contributed by atoms with E-state index in [1.165, 1.54) is 0 Å². The number of aromatic hydroxyl groups is 1. The van der Waals surface area contributed by atoms with Crippen LogP contribution in [0.1, 0.15) is 43.9 Å². The van der Waals surface area contributed by atoms with Gasteiger partial charge in [-0.15, -0.1) is 0 Å². The molecule has 1 saturated carbocycles. The van der Waals surface area contributed by atoms with Gasteiger partial charge in [-0.25, -0.2) is 13.5 Å². The topological polar surface area (TPSA) is 55.1 Å². The van der Waals surface area contributed by atoms with Gasteiger partial charge in [0.15, 0.2) is 5.75 Å². The number of halogens is 2. The van der Waals surface area contributed by atoms with Crippen LogP contribution < -0.4 is 5.56 Å². The summed E-state index contributed by atoms with van der Waals surface area (Å²) >= 11 is 0. The third-order valence-electron chi connectivity index (χ3n) is 3.85. The fraction of sp³-hybridized carbons (Fsp3) is 0.421. The second-order valence-electron chi connectivity index (χ2n) is 5.58. The zero-order valence-electron chi connectivity index (χ0n) is 15.7. The van der Waals surface area contributed by atoms with Crippen molar-refractivity contribution in [3.8, 4) is 16.9 Å². The molecular weight excluding hydrogens is 415 g/mol. The first kappa shape index (κ1) is 24.9. The van der Waals surface area contributed by atoms with E-state index in [9.17, 15) is 18.7 Å². The first-order chi connectivity index (χ1) is 11.5. The molecule has 0 spiro atoms. The molecule has 141 valence electrons. The molecule has 2 aromatic rings. The minimum atomic E-state index is -2.67. The van der Waals surface area contributed by atoms with Crippen molar-refractivity contribution in [3.05, 3.63) is 53.3 Å². The van der Waals surface area contributed by atoms with Gasteiger partial charge in [0, 0.05) is 38.6 Å². The van der Waals surface area contributed by atoms with Crippen LogP contribution in [0.25, 0.3) is 11.1 Å². The van der Waals surface area contributed by atoms with Gasteiger partial charge in [-0.1, -0.05) is 38.1 Å². The van der Waals surface area contributed by atoms with Crippen LogP contribution in [0.4, 0.5) is 8.78 Å². The summed E-state index contributed by atoms with van der Waals surface area (Å²) in [5.74, 6) is -0.125. The molecule has 0 unspecified atom stereocenters. The van der Waals surface area contributed by atoms with Crippen LogP contribution in [-0.2, 0) is 39.3 Å². The van der Waals surface area contributed by atoms with Crippen LogP contribution in [-0.4, -0.2) is 21.3 Å². The van der Waals surface area contributed by atoms with E-state index in [1.54, 1.807) is 12.1 Å². The van der Waals surface area contributed by atoms with Crippen LogP contribution >= 0.6 is 0 Å². The molecule has 1 aliphatic rings. The molecule has 26 heavy (non-hydrogen) atoms. The fourth-order valence-corrected chi connectivity index (χ4v) is 2.56. The maximum atomic E-state index is 12.7. The number of hydrogen-bond donors (Lipinski definition) is 1. The third-order valence-corrected chi connectivity index (χ3v) is 3.85.